The van der Waals surface area contributed by atoms with E-state index in [0.717, 1.165) is 11.1 Å². The number of aryl methyl sites for hydroxylation is 2. The lowest BCUT2D eigenvalue weighted by molar-refractivity contribution is 0.106. The molecule has 124 valence electrons. The monoisotopic (exact) mass is 317 g/mol. The summed E-state index contributed by atoms with van der Waals surface area (Å²) >= 11 is 0. The number of nitrogen functional groups attached to an aromatic ring is 1. The number of anilines is 1. The molecule has 0 heterocycles. The lowest BCUT2D eigenvalue weighted by Gasteiger charge is -2.17. The number of hydrogen-bond acceptors (Lipinski definition) is 5. The Morgan fingerprint density at radius 2 is 1.87 bits per heavy atom. The number of hydrogen-bond donors (Lipinski definition) is 3. The predicted octanol–water partition coefficient (Wildman–Crippen LogP) is 2.50. The number of nitrogens with two attached hydrogens (primary N) is 1. The van der Waals surface area contributed by atoms with Gasteiger partial charge in [-0.1, -0.05) is 18.2 Å². The predicted molar refractivity (Wildman–Crippen MR) is 89.7 cm³/mol. The fourth-order valence-corrected chi connectivity index (χ4v) is 2.31. The number of benzene rings is 2. The van der Waals surface area contributed by atoms with Crippen LogP contribution in [0.15, 0.2) is 30.3 Å². The first-order valence-electron chi connectivity index (χ1n) is 7.41. The van der Waals surface area contributed by atoms with Gasteiger partial charge in [-0.2, -0.15) is 0 Å². The van der Waals surface area contributed by atoms with Crippen LogP contribution in [-0.2, 0) is 6.61 Å². The number of aliphatic hydroxyl groups is 2. The SMILES string of the molecule is COc1cc(CO)cc(N)c1OCC(O)c1ccc(C)c(C)c1. The van der Waals surface area contributed by atoms with Crippen LogP contribution in [0.5, 0.6) is 11.5 Å². The second kappa shape index (κ2) is 7.35. The first kappa shape index (κ1) is 17.1. The zero-order chi connectivity index (χ0) is 17.0. The molecule has 0 aliphatic rings. The Hall–Kier alpha value is -2.24. The molecule has 5 nitrogen and oxygen atoms in total. The maximum absolute atomic E-state index is 10.3. The quantitative estimate of drug-likeness (QED) is 0.713. The normalized spacial score (nSPS) is 12.0. The van der Waals surface area contributed by atoms with E-state index in [1.807, 2.05) is 32.0 Å². The molecule has 2 aromatic rings. The van der Waals surface area contributed by atoms with Gasteiger partial charge in [-0.05, 0) is 48.2 Å². The fourth-order valence-electron chi connectivity index (χ4n) is 2.31. The highest BCUT2D eigenvalue weighted by atomic mass is 16.5. The highest BCUT2D eigenvalue weighted by Crippen LogP contribution is 2.35. The standard InChI is InChI=1S/C18H23NO4/c1-11-4-5-14(6-12(11)2)16(21)10-23-18-15(19)7-13(9-20)8-17(18)22-3/h4-8,16,20-21H,9-10,19H2,1-3H3. The Morgan fingerprint density at radius 3 is 2.48 bits per heavy atom. The molecule has 5 heteroatoms. The summed E-state index contributed by atoms with van der Waals surface area (Å²) in [5, 5.41) is 19.5. The third-order valence-electron chi connectivity index (χ3n) is 3.85. The fraction of sp³-hybridized carbons (Fsp3) is 0.333. The molecule has 2 aromatic carbocycles. The van der Waals surface area contributed by atoms with Crippen molar-refractivity contribution < 1.29 is 19.7 Å². The third-order valence-corrected chi connectivity index (χ3v) is 3.85. The van der Waals surface area contributed by atoms with E-state index in [0.29, 0.717) is 22.7 Å². The van der Waals surface area contributed by atoms with Crippen molar-refractivity contribution in [1.29, 1.82) is 0 Å². The van der Waals surface area contributed by atoms with Crippen molar-refractivity contribution in [1.82, 2.24) is 0 Å². The van der Waals surface area contributed by atoms with E-state index in [1.54, 1.807) is 12.1 Å². The topological polar surface area (TPSA) is 84.9 Å². The van der Waals surface area contributed by atoms with Crippen LogP contribution in [-0.4, -0.2) is 23.9 Å². The number of ether oxygens (including phenoxy) is 2. The lowest BCUT2D eigenvalue weighted by Crippen LogP contribution is -2.12. The molecule has 0 aromatic heterocycles. The Bertz CT molecular complexity index is 685. The zero-order valence-corrected chi connectivity index (χ0v) is 13.7. The van der Waals surface area contributed by atoms with Crippen molar-refractivity contribution in [2.45, 2.75) is 26.6 Å². The van der Waals surface area contributed by atoms with Crippen molar-refractivity contribution in [2.75, 3.05) is 19.5 Å². The van der Waals surface area contributed by atoms with E-state index in [1.165, 1.54) is 12.7 Å². The van der Waals surface area contributed by atoms with E-state index in [9.17, 15) is 10.2 Å². The highest BCUT2D eigenvalue weighted by molar-refractivity contribution is 5.62. The van der Waals surface area contributed by atoms with Crippen molar-refractivity contribution in [2.24, 2.45) is 0 Å². The molecule has 0 saturated heterocycles. The van der Waals surface area contributed by atoms with Crippen LogP contribution in [0, 0.1) is 13.8 Å². The molecule has 0 saturated carbocycles. The minimum atomic E-state index is -0.768. The van der Waals surface area contributed by atoms with Crippen molar-refractivity contribution in [3.8, 4) is 11.5 Å². The Labute approximate surface area is 136 Å². The molecule has 1 unspecified atom stereocenters. The smallest absolute Gasteiger partial charge is 0.184 e. The number of aliphatic hydroxyl groups excluding tert-OH is 2. The number of methoxy groups -OCH3 is 1. The minimum Gasteiger partial charge on any atom is -0.493 e. The summed E-state index contributed by atoms with van der Waals surface area (Å²) in [7, 11) is 1.50. The minimum absolute atomic E-state index is 0.0571. The maximum atomic E-state index is 10.3. The number of rotatable bonds is 6. The van der Waals surface area contributed by atoms with Crippen LogP contribution in [0.1, 0.15) is 28.4 Å². The maximum Gasteiger partial charge on any atom is 0.184 e. The van der Waals surface area contributed by atoms with Gasteiger partial charge in [0, 0.05) is 0 Å². The molecule has 0 amide bonds. The molecule has 2 rings (SSSR count). The van der Waals surface area contributed by atoms with Crippen LogP contribution in [0.4, 0.5) is 5.69 Å². The molecule has 0 fully saturated rings. The van der Waals surface area contributed by atoms with Crippen LogP contribution in [0.2, 0.25) is 0 Å². The molecular formula is C18H23NO4. The summed E-state index contributed by atoms with van der Waals surface area (Å²) in [5.41, 5.74) is 10.0. The first-order chi connectivity index (χ1) is 11.0. The second-order valence-electron chi connectivity index (χ2n) is 5.55. The van der Waals surface area contributed by atoms with Gasteiger partial charge in [-0.3, -0.25) is 0 Å². The summed E-state index contributed by atoms with van der Waals surface area (Å²) in [6, 6.07) is 9.08. The van der Waals surface area contributed by atoms with Crippen LogP contribution >= 0.6 is 0 Å². The van der Waals surface area contributed by atoms with Gasteiger partial charge >= 0.3 is 0 Å². The average molecular weight is 317 g/mol. The molecule has 0 aliphatic carbocycles. The summed E-state index contributed by atoms with van der Waals surface area (Å²) in [6.07, 6.45) is -0.768. The van der Waals surface area contributed by atoms with Crippen LogP contribution in [0.25, 0.3) is 0 Å². The summed E-state index contributed by atoms with van der Waals surface area (Å²) < 4.78 is 10.9. The largest absolute Gasteiger partial charge is 0.493 e. The van der Waals surface area contributed by atoms with E-state index in [2.05, 4.69) is 0 Å². The van der Waals surface area contributed by atoms with E-state index < -0.39 is 6.10 Å². The average Bonchev–Trinajstić information content (AvgIpc) is 2.55. The van der Waals surface area contributed by atoms with Gasteiger partial charge in [0.25, 0.3) is 0 Å². The Balaban J connectivity index is 2.15. The third kappa shape index (κ3) is 3.94. The van der Waals surface area contributed by atoms with Crippen LogP contribution < -0.4 is 15.2 Å². The van der Waals surface area contributed by atoms with E-state index >= 15 is 0 Å². The molecule has 1 atom stereocenters. The van der Waals surface area contributed by atoms with Gasteiger partial charge < -0.3 is 25.4 Å². The molecule has 0 spiro atoms. The van der Waals surface area contributed by atoms with Crippen molar-refractivity contribution in [3.05, 3.63) is 52.6 Å². The van der Waals surface area contributed by atoms with Gasteiger partial charge in [0.1, 0.15) is 12.7 Å². The second-order valence-corrected chi connectivity index (χ2v) is 5.55. The lowest BCUT2D eigenvalue weighted by atomic mass is 10.0. The van der Waals surface area contributed by atoms with E-state index in [-0.39, 0.29) is 13.2 Å². The molecule has 0 aliphatic heterocycles. The highest BCUT2D eigenvalue weighted by Gasteiger charge is 2.15. The summed E-state index contributed by atoms with van der Waals surface area (Å²) in [6.45, 7) is 3.95. The first-order valence-corrected chi connectivity index (χ1v) is 7.41. The van der Waals surface area contributed by atoms with Crippen LogP contribution in [0.3, 0.4) is 0 Å². The van der Waals surface area contributed by atoms with Gasteiger partial charge in [0.2, 0.25) is 0 Å². The molecule has 23 heavy (non-hydrogen) atoms. The molecule has 0 bridgehead atoms. The Morgan fingerprint density at radius 1 is 1.13 bits per heavy atom. The zero-order valence-electron chi connectivity index (χ0n) is 13.7. The van der Waals surface area contributed by atoms with Gasteiger partial charge in [-0.15, -0.1) is 0 Å². The van der Waals surface area contributed by atoms with Crippen molar-refractivity contribution >= 4 is 5.69 Å². The van der Waals surface area contributed by atoms with Crippen molar-refractivity contribution in [3.63, 3.8) is 0 Å². The van der Waals surface area contributed by atoms with E-state index in [4.69, 9.17) is 15.2 Å². The summed E-state index contributed by atoms with van der Waals surface area (Å²) in [4.78, 5) is 0. The molecule has 0 radical (unpaired) electrons. The Kier molecular flexibility index (Phi) is 5.47. The van der Waals surface area contributed by atoms with Gasteiger partial charge in [0.15, 0.2) is 11.5 Å². The van der Waals surface area contributed by atoms with Gasteiger partial charge in [0.05, 0.1) is 19.4 Å². The van der Waals surface area contributed by atoms with Gasteiger partial charge in [-0.25, -0.2) is 0 Å². The molecular weight excluding hydrogens is 294 g/mol. The summed E-state index contributed by atoms with van der Waals surface area (Å²) in [5.74, 6) is 0.800. The molecule has 4 N–H and O–H groups in total.